The van der Waals surface area contributed by atoms with Gasteiger partial charge in [-0.2, -0.15) is 6.41 Å². The molecule has 0 aromatic heterocycles. The van der Waals surface area contributed by atoms with Gasteiger partial charge in [-0.1, -0.05) is 0 Å². The first-order valence-electron chi connectivity index (χ1n) is 1.12. The number of carbonyl (C=O) groups excluding carboxylic acids is 1. The Balaban J connectivity index is -0.0000000800. The fraction of sp³-hybridized carbons (Fsp3) is 0.500. The van der Waals surface area contributed by atoms with Crippen LogP contribution in [0.15, 0.2) is 0 Å². The molecule has 0 aromatic carbocycles. The van der Waals surface area contributed by atoms with E-state index in [4.69, 9.17) is 9.90 Å². The van der Waals surface area contributed by atoms with Gasteiger partial charge in [-0.25, -0.2) is 0 Å². The number of nitrogens with one attached hydrogen (secondary N) is 1. The maximum absolute atomic E-state index is 9.01. The molecule has 0 rings (SSSR count). The molecular weight excluding hydrogens is 175 g/mol. The van der Waals surface area contributed by atoms with Crippen LogP contribution in [0.4, 0.5) is 0 Å². The van der Waals surface area contributed by atoms with E-state index in [1.54, 1.807) is 0 Å². The molecule has 0 heterocycles. The van der Waals surface area contributed by atoms with Crippen molar-refractivity contribution in [3.05, 3.63) is 0 Å². The fourth-order valence-electron chi connectivity index (χ4n) is 0.0323. The molecule has 0 aliphatic carbocycles. The van der Waals surface area contributed by atoms with Gasteiger partial charge in [0, 0.05) is 32.7 Å². The predicted molar refractivity (Wildman–Crippen MR) is 19.5 cm³/mol. The van der Waals surface area contributed by atoms with Crippen LogP contribution in [-0.4, -0.2) is 23.7 Å². The van der Waals surface area contributed by atoms with E-state index in [-0.39, 0.29) is 44.9 Å². The molecule has 0 atom stereocenters. The summed E-state index contributed by atoms with van der Waals surface area (Å²) in [6, 6.07) is 0. The zero-order valence-corrected chi connectivity index (χ0v) is 6.48. The minimum atomic E-state index is -0.330. The Bertz CT molecular complexity index is 34.1. The normalized spacial score (nSPS) is 4.71. The predicted octanol–water partition coefficient (Wildman–Crippen LogP) is -2.23. The summed E-state index contributed by atoms with van der Waals surface area (Å²) < 4.78 is 0. The summed E-state index contributed by atoms with van der Waals surface area (Å²) in [5.41, 5.74) is 0. The van der Waals surface area contributed by atoms with Crippen LogP contribution in [0.5, 0.6) is 0 Å². The van der Waals surface area contributed by atoms with Crippen LogP contribution in [0.1, 0.15) is 0 Å². The Morgan fingerprint density at radius 2 is 2.14 bits per heavy atom. The molecular formula is C2H6NO3Y-. The van der Waals surface area contributed by atoms with Gasteiger partial charge in [0.1, 0.15) is 0 Å². The van der Waals surface area contributed by atoms with Crippen molar-refractivity contribution < 1.29 is 48.1 Å². The molecule has 0 fully saturated rings. The Hall–Kier alpha value is 0.494. The van der Waals surface area contributed by atoms with Crippen LogP contribution < -0.4 is 5.32 Å². The number of aliphatic hydroxyl groups excluding tert-OH is 1. The first kappa shape index (κ1) is 15.6. The van der Waals surface area contributed by atoms with Crippen molar-refractivity contribution in [1.82, 2.24) is 5.32 Å². The Kier molecular flexibility index (Phi) is 35.9. The fourth-order valence-corrected chi connectivity index (χ4v) is 0.0323. The zero-order valence-electron chi connectivity index (χ0n) is 3.64. The van der Waals surface area contributed by atoms with Gasteiger partial charge in [-0.3, -0.25) is 0 Å². The van der Waals surface area contributed by atoms with E-state index in [0.29, 0.717) is 0 Å². The molecule has 4 nitrogen and oxygen atoms in total. The third-order valence-corrected chi connectivity index (χ3v) is 0.151. The molecule has 7 heavy (non-hydrogen) atoms. The molecule has 0 saturated heterocycles. The van der Waals surface area contributed by atoms with Crippen molar-refractivity contribution in [2.24, 2.45) is 0 Å². The third kappa shape index (κ3) is 21.1. The number of hydrogen-bond donors (Lipinski definition) is 2. The van der Waals surface area contributed by atoms with Gasteiger partial charge in [0.05, 0.1) is 6.73 Å². The summed E-state index contributed by atoms with van der Waals surface area (Å²) in [5.74, 6) is 0. The standard InChI is InChI=1S/C2H4NO2.H2O.Y/c4-1-3-2-5;;/h4H,1H2,(H,3,5);1H2;/q-1;;. The average Bonchev–Trinajstić information content (AvgIpc) is 1.41. The molecule has 0 saturated carbocycles. The number of hydrogen-bond acceptors (Lipinski definition) is 2. The van der Waals surface area contributed by atoms with Crippen LogP contribution >= 0.6 is 0 Å². The molecule has 1 radical (unpaired) electrons. The molecule has 41 valence electrons. The van der Waals surface area contributed by atoms with Gasteiger partial charge in [0.15, 0.2) is 0 Å². The topological polar surface area (TPSA) is 80.8 Å². The average molecular weight is 181 g/mol. The van der Waals surface area contributed by atoms with Crippen LogP contribution in [0.2, 0.25) is 0 Å². The zero-order chi connectivity index (χ0) is 4.12. The van der Waals surface area contributed by atoms with E-state index in [9.17, 15) is 0 Å². The van der Waals surface area contributed by atoms with Gasteiger partial charge in [-0.05, 0) is 0 Å². The monoisotopic (exact) mass is 181 g/mol. The molecule has 4 N–H and O–H groups in total. The quantitative estimate of drug-likeness (QED) is 0.287. The molecule has 0 bridgehead atoms. The van der Waals surface area contributed by atoms with E-state index in [1.165, 1.54) is 6.41 Å². The number of aliphatic hydroxyl groups is 1. The molecule has 0 aromatic rings. The Morgan fingerprint density at radius 3 is 2.14 bits per heavy atom. The minimum absolute atomic E-state index is 0. The van der Waals surface area contributed by atoms with Crippen LogP contribution in [0.3, 0.4) is 0 Å². The summed E-state index contributed by atoms with van der Waals surface area (Å²) in [4.78, 5) is 9.01. The van der Waals surface area contributed by atoms with E-state index in [0.717, 1.165) is 0 Å². The molecule has 0 aliphatic heterocycles. The van der Waals surface area contributed by atoms with Crippen molar-refractivity contribution in [2.75, 3.05) is 6.73 Å². The summed E-state index contributed by atoms with van der Waals surface area (Å²) in [5, 5.41) is 9.55. The molecule has 0 aliphatic rings. The minimum Gasteiger partial charge on any atom is -0.520 e. The van der Waals surface area contributed by atoms with E-state index in [1.807, 2.05) is 5.32 Å². The SMILES string of the molecule is O.O=[C-]NCO.[Y]. The second-order valence-electron chi connectivity index (χ2n) is 0.437. The molecule has 1 amide bonds. The van der Waals surface area contributed by atoms with Crippen LogP contribution in [0, 0.1) is 0 Å². The Morgan fingerprint density at radius 1 is 1.71 bits per heavy atom. The Labute approximate surface area is 66.5 Å². The summed E-state index contributed by atoms with van der Waals surface area (Å²) in [7, 11) is 0. The molecule has 5 heteroatoms. The van der Waals surface area contributed by atoms with Crippen LogP contribution in [-0.2, 0) is 37.5 Å². The summed E-state index contributed by atoms with van der Waals surface area (Å²) in [6.07, 6.45) is 1.27. The largest absolute Gasteiger partial charge is 0.520 e. The first-order chi connectivity index (χ1) is 2.41. The van der Waals surface area contributed by atoms with Crippen molar-refractivity contribution in [2.45, 2.75) is 0 Å². The number of rotatable bonds is 2. The second-order valence-corrected chi connectivity index (χ2v) is 0.437. The van der Waals surface area contributed by atoms with E-state index in [2.05, 4.69) is 0 Å². The van der Waals surface area contributed by atoms with Gasteiger partial charge >= 0.3 is 0 Å². The summed E-state index contributed by atoms with van der Waals surface area (Å²) >= 11 is 0. The van der Waals surface area contributed by atoms with Crippen molar-refractivity contribution in [3.8, 4) is 0 Å². The van der Waals surface area contributed by atoms with Gasteiger partial charge in [0.2, 0.25) is 0 Å². The first-order valence-corrected chi connectivity index (χ1v) is 1.12. The maximum atomic E-state index is 9.01. The second kappa shape index (κ2) is 16.1. The molecule has 0 unspecified atom stereocenters. The maximum Gasteiger partial charge on any atom is 0.0855 e. The molecule has 0 spiro atoms. The van der Waals surface area contributed by atoms with Crippen molar-refractivity contribution in [3.63, 3.8) is 0 Å². The van der Waals surface area contributed by atoms with Crippen molar-refractivity contribution in [1.29, 1.82) is 0 Å². The van der Waals surface area contributed by atoms with Crippen molar-refractivity contribution >= 4 is 6.41 Å². The van der Waals surface area contributed by atoms with Gasteiger partial charge in [0.25, 0.3) is 0 Å². The van der Waals surface area contributed by atoms with Gasteiger partial charge in [-0.15, -0.1) is 0 Å². The van der Waals surface area contributed by atoms with Gasteiger partial charge < -0.3 is 20.7 Å². The number of amides is 1. The van der Waals surface area contributed by atoms with E-state index < -0.39 is 0 Å². The van der Waals surface area contributed by atoms with Crippen LogP contribution in [0.25, 0.3) is 0 Å². The summed E-state index contributed by atoms with van der Waals surface area (Å²) in [6.45, 7) is -0.330. The third-order valence-electron chi connectivity index (χ3n) is 0.151. The smallest absolute Gasteiger partial charge is 0.0855 e. The van der Waals surface area contributed by atoms with E-state index >= 15 is 0 Å².